The third-order valence-corrected chi connectivity index (χ3v) is 3.33. The first kappa shape index (κ1) is 14.8. The van der Waals surface area contributed by atoms with Crippen LogP contribution < -0.4 is 10.6 Å². The van der Waals surface area contributed by atoms with Gasteiger partial charge in [0.25, 0.3) is 0 Å². The van der Waals surface area contributed by atoms with Gasteiger partial charge in [0.1, 0.15) is 0 Å². The van der Waals surface area contributed by atoms with Crippen LogP contribution in [0.5, 0.6) is 0 Å². The highest BCUT2D eigenvalue weighted by Crippen LogP contribution is 2.08. The summed E-state index contributed by atoms with van der Waals surface area (Å²) in [6.45, 7) is 6.34. The molecule has 104 valence electrons. The monoisotopic (exact) mass is 254 g/mol. The van der Waals surface area contributed by atoms with Crippen molar-refractivity contribution in [2.45, 2.75) is 45.6 Å². The van der Waals surface area contributed by atoms with Crippen LogP contribution in [0.1, 0.15) is 39.5 Å². The third kappa shape index (κ3) is 4.94. The molecule has 1 unspecified atom stereocenters. The molecule has 1 fully saturated rings. The van der Waals surface area contributed by atoms with E-state index < -0.39 is 0 Å². The van der Waals surface area contributed by atoms with Gasteiger partial charge < -0.3 is 15.5 Å². The van der Waals surface area contributed by atoms with Crippen molar-refractivity contribution in [2.24, 2.45) is 4.99 Å². The summed E-state index contributed by atoms with van der Waals surface area (Å²) in [4.78, 5) is 18.0. The Morgan fingerprint density at radius 3 is 2.56 bits per heavy atom. The molecule has 18 heavy (non-hydrogen) atoms. The van der Waals surface area contributed by atoms with Crippen LogP contribution in [-0.2, 0) is 4.79 Å². The highest BCUT2D eigenvalue weighted by atomic mass is 16.2. The molecule has 1 aliphatic rings. The lowest BCUT2D eigenvalue weighted by molar-refractivity contribution is -0.130. The fraction of sp³-hybridized carbons (Fsp3) is 0.846. The predicted molar refractivity (Wildman–Crippen MR) is 74.7 cm³/mol. The van der Waals surface area contributed by atoms with Crippen molar-refractivity contribution in [3.63, 3.8) is 0 Å². The number of aliphatic imine (C=N–C) groups is 1. The summed E-state index contributed by atoms with van der Waals surface area (Å²) in [5.74, 6) is 0.872. The number of likely N-dealkylation sites (tertiary alicyclic amines) is 1. The molecular weight excluding hydrogens is 228 g/mol. The number of hydrogen-bond acceptors (Lipinski definition) is 2. The van der Waals surface area contributed by atoms with Crippen LogP contribution in [0.2, 0.25) is 0 Å². The zero-order valence-electron chi connectivity index (χ0n) is 11.8. The summed E-state index contributed by atoms with van der Waals surface area (Å²) in [5, 5.41) is 6.32. The van der Waals surface area contributed by atoms with E-state index in [1.54, 1.807) is 7.05 Å². The van der Waals surface area contributed by atoms with Gasteiger partial charge in [0.15, 0.2) is 5.96 Å². The molecule has 0 aromatic carbocycles. The zero-order chi connectivity index (χ0) is 13.4. The van der Waals surface area contributed by atoms with E-state index in [-0.39, 0.29) is 5.91 Å². The molecule has 0 aliphatic carbocycles. The second-order valence-electron chi connectivity index (χ2n) is 4.82. The molecule has 0 aromatic heterocycles. The Bertz CT molecular complexity index is 285. The molecule has 5 heteroatoms. The lowest BCUT2D eigenvalue weighted by Gasteiger charge is -2.27. The molecule has 1 atom stereocenters. The van der Waals surface area contributed by atoms with Crippen LogP contribution in [0, 0.1) is 0 Å². The SMILES string of the molecule is CCC(C)NC(=NC)NCC(=O)N1CCCCC1. The Hall–Kier alpha value is -1.26. The van der Waals surface area contributed by atoms with Gasteiger partial charge >= 0.3 is 0 Å². The molecule has 1 heterocycles. The molecular formula is C13H26N4O. The van der Waals surface area contributed by atoms with Gasteiger partial charge in [-0.1, -0.05) is 6.92 Å². The maximum atomic E-state index is 12.0. The summed E-state index contributed by atoms with van der Waals surface area (Å²) in [6.07, 6.45) is 4.53. The average Bonchev–Trinajstić information content (AvgIpc) is 2.43. The van der Waals surface area contributed by atoms with E-state index in [0.29, 0.717) is 18.5 Å². The number of nitrogens with one attached hydrogen (secondary N) is 2. The Balaban J connectivity index is 2.31. The number of piperidine rings is 1. The van der Waals surface area contributed by atoms with Crippen molar-refractivity contribution >= 4 is 11.9 Å². The van der Waals surface area contributed by atoms with E-state index in [1.165, 1.54) is 6.42 Å². The van der Waals surface area contributed by atoms with Gasteiger partial charge in [0, 0.05) is 26.2 Å². The molecule has 0 radical (unpaired) electrons. The molecule has 0 saturated carbocycles. The van der Waals surface area contributed by atoms with Crippen molar-refractivity contribution in [3.8, 4) is 0 Å². The minimum Gasteiger partial charge on any atom is -0.354 e. The van der Waals surface area contributed by atoms with Gasteiger partial charge in [-0.3, -0.25) is 9.79 Å². The van der Waals surface area contributed by atoms with Crippen molar-refractivity contribution < 1.29 is 4.79 Å². The lowest BCUT2D eigenvalue weighted by atomic mass is 10.1. The van der Waals surface area contributed by atoms with Crippen LogP contribution in [0.15, 0.2) is 4.99 Å². The van der Waals surface area contributed by atoms with Gasteiger partial charge in [-0.25, -0.2) is 0 Å². The number of amides is 1. The van der Waals surface area contributed by atoms with Gasteiger partial charge in [-0.05, 0) is 32.6 Å². The first-order valence-electron chi connectivity index (χ1n) is 6.92. The molecule has 1 saturated heterocycles. The Kier molecular flexibility index (Phi) is 6.54. The van der Waals surface area contributed by atoms with Crippen molar-refractivity contribution in [1.29, 1.82) is 0 Å². The number of carbonyl (C=O) groups excluding carboxylic acids is 1. The first-order chi connectivity index (χ1) is 8.67. The van der Waals surface area contributed by atoms with Crippen LogP contribution in [0.3, 0.4) is 0 Å². The average molecular weight is 254 g/mol. The first-order valence-corrected chi connectivity index (χ1v) is 6.92. The van der Waals surface area contributed by atoms with Gasteiger partial charge in [0.05, 0.1) is 6.54 Å². The third-order valence-electron chi connectivity index (χ3n) is 3.33. The van der Waals surface area contributed by atoms with Crippen LogP contribution in [-0.4, -0.2) is 49.5 Å². The van der Waals surface area contributed by atoms with E-state index in [4.69, 9.17) is 0 Å². The van der Waals surface area contributed by atoms with E-state index in [1.807, 2.05) is 4.90 Å². The molecule has 0 bridgehead atoms. The Labute approximate surface area is 110 Å². The van der Waals surface area contributed by atoms with Gasteiger partial charge in [-0.15, -0.1) is 0 Å². The minimum atomic E-state index is 0.168. The second-order valence-corrected chi connectivity index (χ2v) is 4.82. The zero-order valence-corrected chi connectivity index (χ0v) is 11.8. The second kappa shape index (κ2) is 7.95. The molecule has 5 nitrogen and oxygen atoms in total. The fourth-order valence-electron chi connectivity index (χ4n) is 1.94. The molecule has 0 spiro atoms. The Morgan fingerprint density at radius 2 is 2.00 bits per heavy atom. The molecule has 1 rings (SSSR count). The molecule has 0 aromatic rings. The van der Waals surface area contributed by atoms with Crippen LogP contribution >= 0.6 is 0 Å². The number of rotatable bonds is 4. The summed E-state index contributed by atoms with van der Waals surface area (Å²) in [6, 6.07) is 0.362. The highest BCUT2D eigenvalue weighted by molar-refractivity contribution is 5.86. The molecule has 1 aliphatic heterocycles. The number of hydrogen-bond donors (Lipinski definition) is 2. The smallest absolute Gasteiger partial charge is 0.241 e. The van der Waals surface area contributed by atoms with Crippen molar-refractivity contribution in [3.05, 3.63) is 0 Å². The van der Waals surface area contributed by atoms with E-state index >= 15 is 0 Å². The predicted octanol–water partition coefficient (Wildman–Crippen LogP) is 0.962. The molecule has 1 amide bonds. The van der Waals surface area contributed by atoms with Crippen molar-refractivity contribution in [1.82, 2.24) is 15.5 Å². The number of guanidine groups is 1. The molecule has 2 N–H and O–H groups in total. The summed E-state index contributed by atoms with van der Waals surface area (Å²) in [7, 11) is 1.73. The number of nitrogens with zero attached hydrogens (tertiary/aromatic N) is 2. The van der Waals surface area contributed by atoms with Gasteiger partial charge in [0.2, 0.25) is 5.91 Å². The standard InChI is InChI=1S/C13H26N4O/c1-4-11(2)16-13(14-3)15-10-12(18)17-8-6-5-7-9-17/h11H,4-10H2,1-3H3,(H2,14,15,16). The van der Waals surface area contributed by atoms with Crippen LogP contribution in [0.4, 0.5) is 0 Å². The van der Waals surface area contributed by atoms with Crippen LogP contribution in [0.25, 0.3) is 0 Å². The largest absolute Gasteiger partial charge is 0.354 e. The maximum Gasteiger partial charge on any atom is 0.241 e. The summed E-state index contributed by atoms with van der Waals surface area (Å²) in [5.41, 5.74) is 0. The summed E-state index contributed by atoms with van der Waals surface area (Å²) >= 11 is 0. The van der Waals surface area contributed by atoms with Crippen molar-refractivity contribution in [2.75, 3.05) is 26.7 Å². The summed E-state index contributed by atoms with van der Waals surface area (Å²) < 4.78 is 0. The minimum absolute atomic E-state index is 0.168. The topological polar surface area (TPSA) is 56.7 Å². The van der Waals surface area contributed by atoms with E-state index in [9.17, 15) is 4.79 Å². The lowest BCUT2D eigenvalue weighted by Crippen LogP contribution is -2.47. The van der Waals surface area contributed by atoms with E-state index in [0.717, 1.165) is 32.4 Å². The van der Waals surface area contributed by atoms with E-state index in [2.05, 4.69) is 29.5 Å². The highest BCUT2D eigenvalue weighted by Gasteiger charge is 2.16. The maximum absolute atomic E-state index is 12.0. The number of carbonyl (C=O) groups is 1. The van der Waals surface area contributed by atoms with Gasteiger partial charge in [-0.2, -0.15) is 0 Å². The quantitative estimate of drug-likeness (QED) is 0.580. The fourth-order valence-corrected chi connectivity index (χ4v) is 1.94. The normalized spacial score (nSPS) is 18.4. The Morgan fingerprint density at radius 1 is 1.33 bits per heavy atom.